The molecule has 1 aliphatic rings. The molecule has 0 aromatic rings. The van der Waals surface area contributed by atoms with Crippen LogP contribution in [0, 0.1) is 5.92 Å². The summed E-state index contributed by atoms with van der Waals surface area (Å²) >= 11 is 0. The Morgan fingerprint density at radius 2 is 2.20 bits per heavy atom. The Bertz CT molecular complexity index is 159. The standard InChI is InChI=1S/C13H28N2/c1-4-6-7-13(5-2)14-10-12-8-9-15(3)11-12/h12-14H,4-11H2,1-3H3. The molecule has 0 aromatic heterocycles. The molecule has 1 N–H and O–H groups in total. The zero-order valence-electron chi connectivity index (χ0n) is 10.8. The van der Waals surface area contributed by atoms with E-state index in [9.17, 15) is 0 Å². The highest BCUT2D eigenvalue weighted by Gasteiger charge is 2.19. The van der Waals surface area contributed by atoms with Crippen molar-refractivity contribution in [3.05, 3.63) is 0 Å². The van der Waals surface area contributed by atoms with Gasteiger partial charge in [0.1, 0.15) is 0 Å². The zero-order valence-corrected chi connectivity index (χ0v) is 10.8. The lowest BCUT2D eigenvalue weighted by atomic mass is 10.1. The van der Waals surface area contributed by atoms with E-state index in [1.165, 1.54) is 51.7 Å². The van der Waals surface area contributed by atoms with Crippen molar-refractivity contribution >= 4 is 0 Å². The Balaban J connectivity index is 2.10. The molecule has 0 radical (unpaired) electrons. The van der Waals surface area contributed by atoms with Gasteiger partial charge in [-0.1, -0.05) is 26.7 Å². The van der Waals surface area contributed by atoms with Crippen LogP contribution >= 0.6 is 0 Å². The van der Waals surface area contributed by atoms with Crippen LogP contribution in [0.3, 0.4) is 0 Å². The van der Waals surface area contributed by atoms with Gasteiger partial charge in [-0.05, 0) is 45.3 Å². The second kappa shape index (κ2) is 7.24. The highest BCUT2D eigenvalue weighted by molar-refractivity contribution is 4.76. The second-order valence-electron chi connectivity index (χ2n) is 5.07. The van der Waals surface area contributed by atoms with Gasteiger partial charge in [0.25, 0.3) is 0 Å². The fourth-order valence-electron chi connectivity index (χ4n) is 2.43. The molecule has 1 heterocycles. The normalized spacial score (nSPS) is 24.6. The van der Waals surface area contributed by atoms with Crippen LogP contribution in [0.4, 0.5) is 0 Å². The predicted octanol–water partition coefficient (Wildman–Crippen LogP) is 2.50. The lowest BCUT2D eigenvalue weighted by Crippen LogP contribution is -2.33. The van der Waals surface area contributed by atoms with Crippen molar-refractivity contribution in [2.45, 2.75) is 52.0 Å². The number of rotatable bonds is 7. The van der Waals surface area contributed by atoms with Crippen molar-refractivity contribution in [3.8, 4) is 0 Å². The number of hydrogen-bond donors (Lipinski definition) is 1. The molecule has 1 aliphatic heterocycles. The van der Waals surface area contributed by atoms with Crippen LogP contribution in [0.1, 0.15) is 46.0 Å². The van der Waals surface area contributed by atoms with Crippen LogP contribution in [0.15, 0.2) is 0 Å². The van der Waals surface area contributed by atoms with E-state index in [4.69, 9.17) is 0 Å². The minimum absolute atomic E-state index is 0.760. The molecule has 0 aliphatic carbocycles. The second-order valence-corrected chi connectivity index (χ2v) is 5.07. The summed E-state index contributed by atoms with van der Waals surface area (Å²) in [6.45, 7) is 8.38. The molecule has 2 unspecified atom stereocenters. The lowest BCUT2D eigenvalue weighted by molar-refractivity contribution is 0.368. The Morgan fingerprint density at radius 1 is 1.40 bits per heavy atom. The van der Waals surface area contributed by atoms with E-state index in [1.807, 2.05) is 0 Å². The minimum atomic E-state index is 0.760. The van der Waals surface area contributed by atoms with Crippen molar-refractivity contribution in [1.29, 1.82) is 0 Å². The van der Waals surface area contributed by atoms with Crippen LogP contribution in [0.2, 0.25) is 0 Å². The van der Waals surface area contributed by atoms with E-state index < -0.39 is 0 Å². The third-order valence-corrected chi connectivity index (χ3v) is 3.58. The minimum Gasteiger partial charge on any atom is -0.314 e. The van der Waals surface area contributed by atoms with Crippen LogP contribution in [0.5, 0.6) is 0 Å². The Labute approximate surface area is 95.4 Å². The Morgan fingerprint density at radius 3 is 2.73 bits per heavy atom. The Kier molecular flexibility index (Phi) is 6.26. The third kappa shape index (κ3) is 4.98. The molecule has 0 spiro atoms. The van der Waals surface area contributed by atoms with Crippen molar-refractivity contribution < 1.29 is 0 Å². The molecule has 1 saturated heterocycles. The summed E-state index contributed by atoms with van der Waals surface area (Å²) in [6, 6.07) is 0.760. The van der Waals surface area contributed by atoms with Gasteiger partial charge < -0.3 is 10.2 Å². The molecule has 1 fully saturated rings. The summed E-state index contributed by atoms with van der Waals surface area (Å²) in [6.07, 6.45) is 6.71. The molecular formula is C13H28N2. The summed E-state index contributed by atoms with van der Waals surface area (Å²) in [7, 11) is 2.23. The van der Waals surface area contributed by atoms with Gasteiger partial charge >= 0.3 is 0 Å². The van der Waals surface area contributed by atoms with E-state index in [0.29, 0.717) is 0 Å². The fraction of sp³-hybridized carbons (Fsp3) is 1.00. The highest BCUT2D eigenvalue weighted by Crippen LogP contribution is 2.14. The van der Waals surface area contributed by atoms with Crippen LogP contribution in [-0.2, 0) is 0 Å². The van der Waals surface area contributed by atoms with Gasteiger partial charge in [0.05, 0.1) is 0 Å². The molecular weight excluding hydrogens is 184 g/mol. The smallest absolute Gasteiger partial charge is 0.00645 e. The summed E-state index contributed by atoms with van der Waals surface area (Å²) < 4.78 is 0. The van der Waals surface area contributed by atoms with Gasteiger partial charge in [-0.2, -0.15) is 0 Å². The van der Waals surface area contributed by atoms with Crippen LogP contribution in [0.25, 0.3) is 0 Å². The average molecular weight is 212 g/mol. The molecule has 0 amide bonds. The number of hydrogen-bond acceptors (Lipinski definition) is 2. The van der Waals surface area contributed by atoms with Crippen molar-refractivity contribution in [2.24, 2.45) is 5.92 Å². The first-order valence-electron chi connectivity index (χ1n) is 6.68. The quantitative estimate of drug-likeness (QED) is 0.697. The zero-order chi connectivity index (χ0) is 11.1. The van der Waals surface area contributed by atoms with Crippen molar-refractivity contribution in [1.82, 2.24) is 10.2 Å². The maximum absolute atomic E-state index is 3.74. The fourth-order valence-corrected chi connectivity index (χ4v) is 2.43. The molecule has 0 bridgehead atoms. The number of nitrogens with one attached hydrogen (secondary N) is 1. The van der Waals surface area contributed by atoms with E-state index >= 15 is 0 Å². The van der Waals surface area contributed by atoms with E-state index in [-0.39, 0.29) is 0 Å². The molecule has 0 saturated carbocycles. The number of nitrogens with zero attached hydrogens (tertiary/aromatic N) is 1. The molecule has 15 heavy (non-hydrogen) atoms. The third-order valence-electron chi connectivity index (χ3n) is 3.58. The molecule has 0 aromatic carbocycles. The van der Waals surface area contributed by atoms with Gasteiger partial charge in [0.2, 0.25) is 0 Å². The molecule has 2 atom stereocenters. The topological polar surface area (TPSA) is 15.3 Å². The summed E-state index contributed by atoms with van der Waals surface area (Å²) in [5.41, 5.74) is 0. The van der Waals surface area contributed by atoms with E-state index in [0.717, 1.165) is 12.0 Å². The largest absolute Gasteiger partial charge is 0.314 e. The van der Waals surface area contributed by atoms with Gasteiger partial charge in [-0.25, -0.2) is 0 Å². The highest BCUT2D eigenvalue weighted by atomic mass is 15.1. The summed E-state index contributed by atoms with van der Waals surface area (Å²) in [4.78, 5) is 2.44. The van der Waals surface area contributed by atoms with Gasteiger partial charge in [-0.15, -0.1) is 0 Å². The lowest BCUT2D eigenvalue weighted by Gasteiger charge is -2.19. The van der Waals surface area contributed by atoms with Crippen LogP contribution < -0.4 is 5.32 Å². The maximum atomic E-state index is 3.74. The molecule has 2 nitrogen and oxygen atoms in total. The first-order valence-corrected chi connectivity index (χ1v) is 6.68. The Hall–Kier alpha value is -0.0800. The first-order chi connectivity index (χ1) is 7.26. The van der Waals surface area contributed by atoms with Crippen LogP contribution in [-0.4, -0.2) is 37.6 Å². The van der Waals surface area contributed by atoms with E-state index in [2.05, 4.69) is 31.1 Å². The number of unbranched alkanes of at least 4 members (excludes halogenated alkanes) is 1. The monoisotopic (exact) mass is 212 g/mol. The van der Waals surface area contributed by atoms with Gasteiger partial charge in [0.15, 0.2) is 0 Å². The first kappa shape index (κ1) is 13.0. The molecule has 90 valence electrons. The molecule has 1 rings (SSSR count). The summed E-state index contributed by atoms with van der Waals surface area (Å²) in [5.74, 6) is 0.894. The van der Waals surface area contributed by atoms with E-state index in [1.54, 1.807) is 0 Å². The molecule has 2 heteroatoms. The predicted molar refractivity (Wildman–Crippen MR) is 67.2 cm³/mol. The summed E-state index contributed by atoms with van der Waals surface area (Å²) in [5, 5.41) is 3.74. The van der Waals surface area contributed by atoms with Gasteiger partial charge in [0, 0.05) is 12.6 Å². The number of likely N-dealkylation sites (tertiary alicyclic amines) is 1. The van der Waals surface area contributed by atoms with Crippen molar-refractivity contribution in [3.63, 3.8) is 0 Å². The maximum Gasteiger partial charge on any atom is 0.00645 e. The average Bonchev–Trinajstić information content (AvgIpc) is 2.65. The van der Waals surface area contributed by atoms with Gasteiger partial charge in [-0.3, -0.25) is 0 Å². The van der Waals surface area contributed by atoms with Crippen molar-refractivity contribution in [2.75, 3.05) is 26.7 Å². The SMILES string of the molecule is CCCCC(CC)NCC1CCN(C)C1.